The van der Waals surface area contributed by atoms with E-state index in [9.17, 15) is 0 Å². The predicted molar refractivity (Wildman–Crippen MR) is 42.8 cm³/mol. The Morgan fingerprint density at radius 2 is 1.88 bits per heavy atom. The maximum Gasteiger partial charge on any atom is 0.176 e. The first kappa shape index (κ1) is 8.25. The maximum atomic E-state index is 6.05. The van der Waals surface area contributed by atoms with Crippen molar-refractivity contribution < 1.29 is 0 Å². The van der Waals surface area contributed by atoms with Crippen molar-refractivity contribution >= 4 is 18.5 Å². The molecule has 0 amide bonds. The summed E-state index contributed by atoms with van der Waals surface area (Å²) in [4.78, 5) is 0. The molecular formula is C6H13ClSi. The van der Waals surface area contributed by atoms with Gasteiger partial charge in [-0.15, -0.1) is 0 Å². The van der Waals surface area contributed by atoms with Gasteiger partial charge in [0.25, 0.3) is 0 Å². The van der Waals surface area contributed by atoms with E-state index in [1.807, 2.05) is 6.92 Å². The fourth-order valence-electron chi connectivity index (χ4n) is 0.343. The summed E-state index contributed by atoms with van der Waals surface area (Å²) in [7, 11) is -1.43. The highest BCUT2D eigenvalue weighted by atomic mass is 35.6. The highest BCUT2D eigenvalue weighted by Crippen LogP contribution is 2.17. The lowest BCUT2D eigenvalue weighted by molar-refractivity contribution is 1.53. The van der Waals surface area contributed by atoms with E-state index in [-0.39, 0.29) is 0 Å². The molecule has 0 saturated carbocycles. The first-order chi connectivity index (χ1) is 3.48. The molecule has 0 rings (SSSR count). The average molecular weight is 149 g/mol. The minimum atomic E-state index is -1.43. The number of hydrogen-bond donors (Lipinski definition) is 0. The number of allylic oxidation sites excluding steroid dienone is 2. The molecule has 0 bridgehead atoms. The summed E-state index contributed by atoms with van der Waals surface area (Å²) in [6.07, 6.45) is 2.10. The van der Waals surface area contributed by atoms with Crippen LogP contribution in [0.2, 0.25) is 13.1 Å². The number of hydrogen-bond acceptors (Lipinski definition) is 0. The topological polar surface area (TPSA) is 0 Å². The highest BCUT2D eigenvalue weighted by Gasteiger charge is 2.17. The molecule has 0 aliphatic carbocycles. The van der Waals surface area contributed by atoms with Crippen molar-refractivity contribution in [3.63, 3.8) is 0 Å². The van der Waals surface area contributed by atoms with Crippen molar-refractivity contribution in [1.29, 1.82) is 0 Å². The maximum absolute atomic E-state index is 6.05. The van der Waals surface area contributed by atoms with Gasteiger partial charge in [-0.25, -0.2) is 0 Å². The molecule has 0 aromatic heterocycles. The quantitative estimate of drug-likeness (QED) is 0.396. The molecular weight excluding hydrogens is 136 g/mol. The molecule has 0 aromatic rings. The van der Waals surface area contributed by atoms with Crippen LogP contribution in [0.3, 0.4) is 0 Å². The highest BCUT2D eigenvalue weighted by molar-refractivity contribution is 7.22. The molecule has 0 saturated heterocycles. The van der Waals surface area contributed by atoms with E-state index >= 15 is 0 Å². The zero-order valence-corrected chi connectivity index (χ0v) is 7.71. The summed E-state index contributed by atoms with van der Waals surface area (Å²) in [6, 6.07) is 0. The third-order valence-corrected chi connectivity index (χ3v) is 4.43. The second kappa shape index (κ2) is 2.69. The van der Waals surface area contributed by atoms with Crippen molar-refractivity contribution in [3.05, 3.63) is 11.3 Å². The molecule has 0 aromatic carbocycles. The second-order valence-electron chi connectivity index (χ2n) is 2.44. The van der Waals surface area contributed by atoms with Crippen molar-refractivity contribution in [2.75, 3.05) is 0 Å². The van der Waals surface area contributed by atoms with Crippen LogP contribution in [0.15, 0.2) is 11.3 Å². The van der Waals surface area contributed by atoms with Crippen LogP contribution in [-0.2, 0) is 0 Å². The van der Waals surface area contributed by atoms with Gasteiger partial charge in [-0.2, -0.15) is 11.1 Å². The van der Waals surface area contributed by atoms with E-state index in [0.717, 1.165) is 0 Å². The van der Waals surface area contributed by atoms with Crippen LogP contribution in [0.25, 0.3) is 0 Å². The van der Waals surface area contributed by atoms with Crippen molar-refractivity contribution in [2.45, 2.75) is 26.9 Å². The summed E-state index contributed by atoms with van der Waals surface area (Å²) >= 11 is 6.05. The molecule has 0 heterocycles. The summed E-state index contributed by atoms with van der Waals surface area (Å²) in [5.74, 6) is 0. The SMILES string of the molecule is C/C=C(\C)[Si](C)(C)Cl. The summed E-state index contributed by atoms with van der Waals surface area (Å²) in [5, 5.41) is 1.36. The van der Waals surface area contributed by atoms with E-state index in [2.05, 4.69) is 26.1 Å². The van der Waals surface area contributed by atoms with E-state index in [4.69, 9.17) is 11.1 Å². The van der Waals surface area contributed by atoms with Gasteiger partial charge in [0, 0.05) is 0 Å². The van der Waals surface area contributed by atoms with Crippen LogP contribution in [-0.4, -0.2) is 7.38 Å². The van der Waals surface area contributed by atoms with Gasteiger partial charge in [0.2, 0.25) is 0 Å². The zero-order chi connectivity index (χ0) is 6.78. The van der Waals surface area contributed by atoms with Crippen LogP contribution in [0.4, 0.5) is 0 Å². The van der Waals surface area contributed by atoms with Crippen LogP contribution in [0.5, 0.6) is 0 Å². The zero-order valence-electron chi connectivity index (χ0n) is 5.96. The Morgan fingerprint density at radius 1 is 1.50 bits per heavy atom. The van der Waals surface area contributed by atoms with Gasteiger partial charge >= 0.3 is 0 Å². The van der Waals surface area contributed by atoms with Gasteiger partial charge in [-0.1, -0.05) is 24.4 Å². The molecule has 0 fully saturated rings. The van der Waals surface area contributed by atoms with Crippen LogP contribution >= 0.6 is 11.1 Å². The monoisotopic (exact) mass is 148 g/mol. The van der Waals surface area contributed by atoms with Crippen LogP contribution in [0.1, 0.15) is 13.8 Å². The Balaban J connectivity index is 4.03. The molecule has 0 atom stereocenters. The number of halogens is 1. The smallest absolute Gasteiger partial charge is 0.162 e. The van der Waals surface area contributed by atoms with Gasteiger partial charge in [0.05, 0.1) is 0 Å². The molecule has 2 heteroatoms. The van der Waals surface area contributed by atoms with Gasteiger partial charge < -0.3 is 0 Å². The third-order valence-electron chi connectivity index (χ3n) is 1.37. The lowest BCUT2D eigenvalue weighted by atomic mass is 10.6. The van der Waals surface area contributed by atoms with E-state index < -0.39 is 7.38 Å². The van der Waals surface area contributed by atoms with Crippen molar-refractivity contribution in [3.8, 4) is 0 Å². The first-order valence-corrected chi connectivity index (χ1v) is 6.82. The van der Waals surface area contributed by atoms with Crippen molar-refractivity contribution in [1.82, 2.24) is 0 Å². The Hall–Kier alpha value is 0.247. The van der Waals surface area contributed by atoms with Gasteiger partial charge in [0.1, 0.15) is 0 Å². The molecule has 0 radical (unpaired) electrons. The average Bonchev–Trinajstić information content (AvgIpc) is 1.62. The molecule has 0 N–H and O–H groups in total. The lowest BCUT2D eigenvalue weighted by Gasteiger charge is -2.11. The largest absolute Gasteiger partial charge is 0.176 e. The molecule has 0 aliphatic heterocycles. The minimum absolute atomic E-state index is 1.36. The normalized spacial score (nSPS) is 14.4. The molecule has 8 heavy (non-hydrogen) atoms. The predicted octanol–water partition coefficient (Wildman–Crippen LogP) is 2.94. The second-order valence-corrected chi connectivity index (χ2v) is 9.01. The van der Waals surface area contributed by atoms with Gasteiger partial charge in [-0.3, -0.25) is 0 Å². The number of rotatable bonds is 1. The molecule has 0 unspecified atom stereocenters. The first-order valence-electron chi connectivity index (χ1n) is 2.81. The Kier molecular flexibility index (Phi) is 2.78. The Morgan fingerprint density at radius 3 is 1.88 bits per heavy atom. The Labute approximate surface area is 57.3 Å². The molecule has 0 nitrogen and oxygen atoms in total. The third kappa shape index (κ3) is 2.53. The lowest BCUT2D eigenvalue weighted by Crippen LogP contribution is -2.18. The summed E-state index contributed by atoms with van der Waals surface area (Å²) < 4.78 is 0. The fourth-order valence-corrected chi connectivity index (χ4v) is 1.36. The summed E-state index contributed by atoms with van der Waals surface area (Å²) in [6.45, 7) is 8.39. The standard InChI is InChI=1S/C6H13ClSi/c1-5-6(2)8(3,4)7/h5H,1-4H3/b6-5+. The van der Waals surface area contributed by atoms with Crippen LogP contribution in [0, 0.1) is 0 Å². The molecule has 0 spiro atoms. The van der Waals surface area contributed by atoms with Crippen LogP contribution < -0.4 is 0 Å². The van der Waals surface area contributed by atoms with Crippen molar-refractivity contribution in [2.24, 2.45) is 0 Å². The Bertz CT molecular complexity index is 99.6. The summed E-state index contributed by atoms with van der Waals surface area (Å²) in [5.41, 5.74) is 0. The minimum Gasteiger partial charge on any atom is -0.162 e. The molecule has 48 valence electrons. The van der Waals surface area contributed by atoms with E-state index in [0.29, 0.717) is 0 Å². The van der Waals surface area contributed by atoms with E-state index in [1.54, 1.807) is 0 Å². The van der Waals surface area contributed by atoms with E-state index in [1.165, 1.54) is 5.20 Å². The molecule has 0 aliphatic rings. The fraction of sp³-hybridized carbons (Fsp3) is 0.667. The van der Waals surface area contributed by atoms with Gasteiger partial charge in [0.15, 0.2) is 7.38 Å². The van der Waals surface area contributed by atoms with Gasteiger partial charge in [-0.05, 0) is 13.8 Å².